The fourth-order valence-electron chi connectivity index (χ4n) is 1.89. The number of carbonyl (C=O) groups is 2. The maximum atomic E-state index is 13.4. The van der Waals surface area contributed by atoms with Crippen LogP contribution < -0.4 is 16.4 Å². The van der Waals surface area contributed by atoms with Gasteiger partial charge in [0.1, 0.15) is 11.4 Å². The smallest absolute Gasteiger partial charge is 0.340 e. The average Bonchev–Trinajstić information content (AvgIpc) is 2.36. The van der Waals surface area contributed by atoms with Crippen LogP contribution in [0.1, 0.15) is 30.1 Å². The van der Waals surface area contributed by atoms with Crippen molar-refractivity contribution in [1.29, 1.82) is 0 Å². The van der Waals surface area contributed by atoms with E-state index in [1.54, 1.807) is 0 Å². The van der Waals surface area contributed by atoms with Gasteiger partial charge in [0.15, 0.2) is 0 Å². The number of primary amides is 1. The highest BCUT2D eigenvalue weighted by Gasteiger charge is 2.22. The zero-order chi connectivity index (χ0) is 15.3. The van der Waals surface area contributed by atoms with Crippen LogP contribution >= 0.6 is 0 Å². The maximum Gasteiger partial charge on any atom is 0.340 e. The van der Waals surface area contributed by atoms with Gasteiger partial charge in [0, 0.05) is 6.54 Å². The van der Waals surface area contributed by atoms with E-state index in [1.165, 1.54) is 11.0 Å². The molecule has 0 radical (unpaired) electrons. The van der Waals surface area contributed by atoms with E-state index in [9.17, 15) is 19.1 Å². The van der Waals surface area contributed by atoms with Crippen LogP contribution in [0.25, 0.3) is 0 Å². The second kappa shape index (κ2) is 6.74. The second-order valence-electron chi connectivity index (χ2n) is 4.40. The van der Waals surface area contributed by atoms with E-state index in [0.29, 0.717) is 6.54 Å². The molecule has 0 spiro atoms. The molecule has 0 fully saturated rings. The van der Waals surface area contributed by atoms with Gasteiger partial charge in [-0.1, -0.05) is 13.3 Å². The van der Waals surface area contributed by atoms with E-state index in [0.717, 1.165) is 18.9 Å². The first-order chi connectivity index (χ1) is 9.38. The SMILES string of the molecule is CCCCN(CC(N)=O)c1ccc(F)c(N)c1C(=O)O. The molecule has 110 valence electrons. The first-order valence-electron chi connectivity index (χ1n) is 6.23. The number of halogens is 1. The van der Waals surface area contributed by atoms with Gasteiger partial charge in [0.05, 0.1) is 17.9 Å². The Balaban J connectivity index is 3.27. The lowest BCUT2D eigenvalue weighted by molar-refractivity contribution is -0.116. The van der Waals surface area contributed by atoms with Crippen molar-refractivity contribution in [2.75, 3.05) is 23.7 Å². The zero-order valence-corrected chi connectivity index (χ0v) is 11.2. The van der Waals surface area contributed by atoms with Crippen molar-refractivity contribution in [2.45, 2.75) is 19.8 Å². The van der Waals surface area contributed by atoms with Gasteiger partial charge >= 0.3 is 5.97 Å². The third-order valence-corrected chi connectivity index (χ3v) is 2.85. The Morgan fingerprint density at radius 3 is 2.55 bits per heavy atom. The summed E-state index contributed by atoms with van der Waals surface area (Å²) in [6.07, 6.45) is 1.60. The minimum Gasteiger partial charge on any atom is -0.478 e. The number of benzene rings is 1. The van der Waals surface area contributed by atoms with Crippen molar-refractivity contribution < 1.29 is 19.1 Å². The Hall–Kier alpha value is -2.31. The van der Waals surface area contributed by atoms with Crippen LogP contribution in [0, 0.1) is 5.82 Å². The number of carboxylic acids is 1. The Labute approximate surface area is 116 Å². The molecule has 0 atom stereocenters. The van der Waals surface area contributed by atoms with E-state index in [1.807, 2.05) is 6.92 Å². The molecule has 0 heterocycles. The quantitative estimate of drug-likeness (QED) is 0.651. The largest absolute Gasteiger partial charge is 0.478 e. The fourth-order valence-corrected chi connectivity index (χ4v) is 1.89. The van der Waals surface area contributed by atoms with E-state index < -0.39 is 23.4 Å². The lowest BCUT2D eigenvalue weighted by Crippen LogP contribution is -2.35. The maximum absolute atomic E-state index is 13.4. The summed E-state index contributed by atoms with van der Waals surface area (Å²) in [4.78, 5) is 23.9. The molecule has 7 heteroatoms. The number of unbranched alkanes of at least 4 members (excludes halogenated alkanes) is 1. The van der Waals surface area contributed by atoms with Crippen LogP contribution in [0.5, 0.6) is 0 Å². The first kappa shape index (κ1) is 15.7. The van der Waals surface area contributed by atoms with Gasteiger partial charge in [-0.05, 0) is 18.6 Å². The Morgan fingerprint density at radius 1 is 1.40 bits per heavy atom. The summed E-state index contributed by atoms with van der Waals surface area (Å²) in [6, 6.07) is 2.38. The molecule has 1 amide bonds. The highest BCUT2D eigenvalue weighted by Crippen LogP contribution is 2.28. The monoisotopic (exact) mass is 283 g/mol. The number of hydrogen-bond acceptors (Lipinski definition) is 4. The standard InChI is InChI=1S/C13H18FN3O3/c1-2-3-6-17(7-10(15)18)9-5-4-8(14)12(16)11(9)13(19)20/h4-5H,2-3,6-7,16H2,1H3,(H2,15,18)(H,19,20). The summed E-state index contributed by atoms with van der Waals surface area (Å²) in [6.45, 7) is 2.25. The molecule has 6 nitrogen and oxygen atoms in total. The van der Waals surface area contributed by atoms with Crippen molar-refractivity contribution in [3.8, 4) is 0 Å². The van der Waals surface area contributed by atoms with Crippen LogP contribution in [-0.2, 0) is 4.79 Å². The van der Waals surface area contributed by atoms with Gasteiger partial charge in [-0.15, -0.1) is 0 Å². The Morgan fingerprint density at radius 2 is 2.05 bits per heavy atom. The molecule has 0 bridgehead atoms. The van der Waals surface area contributed by atoms with E-state index in [-0.39, 0.29) is 17.8 Å². The number of rotatable bonds is 7. The van der Waals surface area contributed by atoms with Crippen molar-refractivity contribution in [1.82, 2.24) is 0 Å². The number of carboxylic acid groups (broad SMARTS) is 1. The average molecular weight is 283 g/mol. The van der Waals surface area contributed by atoms with Crippen LogP contribution in [0.4, 0.5) is 15.8 Å². The summed E-state index contributed by atoms with van der Waals surface area (Å²) in [5.41, 5.74) is 10.1. The molecule has 0 unspecified atom stereocenters. The molecule has 20 heavy (non-hydrogen) atoms. The number of nitrogen functional groups attached to an aromatic ring is 1. The van der Waals surface area contributed by atoms with Gasteiger partial charge in [-0.2, -0.15) is 0 Å². The minimum absolute atomic E-state index is 0.147. The first-order valence-corrected chi connectivity index (χ1v) is 6.23. The Kier molecular flexibility index (Phi) is 5.31. The number of carbonyl (C=O) groups excluding carboxylic acids is 1. The van der Waals surface area contributed by atoms with E-state index in [2.05, 4.69) is 0 Å². The molecule has 0 aliphatic rings. The van der Waals surface area contributed by atoms with E-state index >= 15 is 0 Å². The van der Waals surface area contributed by atoms with Crippen molar-refractivity contribution in [3.63, 3.8) is 0 Å². The highest BCUT2D eigenvalue weighted by molar-refractivity contribution is 6.00. The molecule has 0 aromatic heterocycles. The van der Waals surface area contributed by atoms with Crippen LogP contribution in [0.3, 0.4) is 0 Å². The molecule has 5 N–H and O–H groups in total. The summed E-state index contributed by atoms with van der Waals surface area (Å²) in [7, 11) is 0. The van der Waals surface area contributed by atoms with E-state index in [4.69, 9.17) is 11.5 Å². The normalized spacial score (nSPS) is 10.3. The summed E-state index contributed by atoms with van der Waals surface area (Å²) < 4.78 is 13.4. The predicted octanol–water partition coefficient (Wildman–Crippen LogP) is 1.20. The number of hydrogen-bond donors (Lipinski definition) is 3. The molecule has 1 aromatic rings. The lowest BCUT2D eigenvalue weighted by atomic mass is 10.1. The molecule has 0 aliphatic carbocycles. The number of aromatic carboxylic acids is 1. The van der Waals surface area contributed by atoms with Gasteiger partial charge in [-0.25, -0.2) is 9.18 Å². The summed E-state index contributed by atoms with van der Waals surface area (Å²) in [5.74, 6) is -2.75. The molecular formula is C13H18FN3O3. The van der Waals surface area contributed by atoms with Crippen molar-refractivity contribution in [2.24, 2.45) is 5.73 Å². The second-order valence-corrected chi connectivity index (χ2v) is 4.40. The van der Waals surface area contributed by atoms with Crippen LogP contribution in [-0.4, -0.2) is 30.1 Å². The van der Waals surface area contributed by atoms with Gasteiger partial charge in [0.25, 0.3) is 0 Å². The van der Waals surface area contributed by atoms with Crippen LogP contribution in [0.15, 0.2) is 12.1 Å². The zero-order valence-electron chi connectivity index (χ0n) is 11.2. The minimum atomic E-state index is -1.34. The number of anilines is 2. The summed E-state index contributed by atoms with van der Waals surface area (Å²) in [5, 5.41) is 9.19. The fraction of sp³-hybridized carbons (Fsp3) is 0.385. The molecule has 0 saturated carbocycles. The lowest BCUT2D eigenvalue weighted by Gasteiger charge is -2.25. The number of amides is 1. The number of nitrogens with two attached hydrogens (primary N) is 2. The Bertz CT molecular complexity index is 520. The topological polar surface area (TPSA) is 110 Å². The van der Waals surface area contributed by atoms with Gasteiger partial charge in [-0.3, -0.25) is 4.79 Å². The third-order valence-electron chi connectivity index (χ3n) is 2.85. The molecular weight excluding hydrogens is 265 g/mol. The molecule has 1 rings (SSSR count). The van der Waals surface area contributed by atoms with Gasteiger partial charge in [0.2, 0.25) is 5.91 Å². The molecule has 1 aromatic carbocycles. The molecule has 0 aliphatic heterocycles. The van der Waals surface area contributed by atoms with Crippen molar-refractivity contribution >= 4 is 23.3 Å². The van der Waals surface area contributed by atoms with Crippen LogP contribution in [0.2, 0.25) is 0 Å². The highest BCUT2D eigenvalue weighted by atomic mass is 19.1. The van der Waals surface area contributed by atoms with Gasteiger partial charge < -0.3 is 21.5 Å². The third kappa shape index (κ3) is 3.59. The summed E-state index contributed by atoms with van der Waals surface area (Å²) >= 11 is 0. The predicted molar refractivity (Wildman–Crippen MR) is 74.1 cm³/mol. The molecule has 0 saturated heterocycles. The number of nitrogens with zero attached hydrogens (tertiary/aromatic N) is 1. The van der Waals surface area contributed by atoms with Crippen molar-refractivity contribution in [3.05, 3.63) is 23.5 Å².